The van der Waals surface area contributed by atoms with Crippen molar-refractivity contribution >= 4 is 34.7 Å². The zero-order chi connectivity index (χ0) is 9.68. The Balaban J connectivity index is 0.000000132. The average Bonchev–Trinajstić information content (AvgIpc) is 2.67. The molecule has 0 aromatic heterocycles. The second kappa shape index (κ2) is 5.28. The van der Waals surface area contributed by atoms with Crippen LogP contribution in [0.2, 0.25) is 0 Å². The molecule has 0 spiro atoms. The molecule has 1 unspecified atom stereocenters. The van der Waals surface area contributed by atoms with Gasteiger partial charge in [-0.2, -0.15) is 0 Å². The van der Waals surface area contributed by atoms with Crippen LogP contribution in [0.25, 0.3) is 0 Å². The van der Waals surface area contributed by atoms with Gasteiger partial charge in [-0.15, -0.1) is 0 Å². The molecule has 0 saturated carbocycles. The Kier molecular flexibility index (Phi) is 4.29. The maximum atomic E-state index is 10.4. The minimum Gasteiger partial charge on any atom is -0.627 e. The van der Waals surface area contributed by atoms with Gasteiger partial charge in [0, 0.05) is 25.3 Å². The molecule has 4 N–H and O–H groups in total. The third kappa shape index (κ3) is 3.81. The first-order valence-corrected chi connectivity index (χ1v) is 4.84. The third-order valence-electron chi connectivity index (χ3n) is 1.59. The predicted octanol–water partition coefficient (Wildman–Crippen LogP) is -2.28. The largest absolute Gasteiger partial charge is 0.627 e. The van der Waals surface area contributed by atoms with Gasteiger partial charge in [-0.05, 0) is 12.2 Å². The summed E-state index contributed by atoms with van der Waals surface area (Å²) in [5, 5.41) is 20.3. The molecule has 2 aliphatic rings. The second-order valence-electron chi connectivity index (χ2n) is 2.61. The number of thiocarbonyl (C=S) groups is 2. The van der Waals surface area contributed by atoms with Crippen molar-refractivity contribution in [2.24, 2.45) is 0 Å². The van der Waals surface area contributed by atoms with Crippen LogP contribution in [0.3, 0.4) is 0 Å². The number of rotatable bonds is 0. The molecule has 2 aliphatic heterocycles. The van der Waals surface area contributed by atoms with Crippen LogP contribution in [0.15, 0.2) is 0 Å². The molecule has 1 atom stereocenters. The van der Waals surface area contributed by atoms with E-state index < -0.39 is 0 Å². The smallest absolute Gasteiger partial charge is 0.268 e. The molecular formula is C6H12N4OS2. The van der Waals surface area contributed by atoms with Crippen LogP contribution in [0.5, 0.6) is 0 Å². The molecule has 0 radical (unpaired) electrons. The summed E-state index contributed by atoms with van der Waals surface area (Å²) < 4.78 is 0. The number of nitrogens with one attached hydrogen (secondary N) is 4. The lowest BCUT2D eigenvalue weighted by atomic mass is 10.7. The van der Waals surface area contributed by atoms with E-state index in [0.717, 1.165) is 24.7 Å². The van der Waals surface area contributed by atoms with Crippen LogP contribution in [0.4, 0.5) is 0 Å². The molecule has 2 rings (SSSR count). The van der Waals surface area contributed by atoms with Crippen molar-refractivity contribution in [1.29, 1.82) is 0 Å². The summed E-state index contributed by atoms with van der Waals surface area (Å²) >= 11 is 9.28. The van der Waals surface area contributed by atoms with Gasteiger partial charge in [0.25, 0.3) is 5.11 Å². The number of hydrogen-bond acceptors (Lipinski definition) is 3. The molecule has 0 amide bonds. The van der Waals surface area contributed by atoms with E-state index in [0.29, 0.717) is 11.7 Å². The molecular weight excluding hydrogens is 208 g/mol. The normalized spacial score (nSPS) is 25.5. The van der Waals surface area contributed by atoms with Crippen LogP contribution < -0.4 is 21.0 Å². The van der Waals surface area contributed by atoms with Gasteiger partial charge in [-0.1, -0.05) is 0 Å². The Labute approximate surface area is 87.4 Å². The summed E-state index contributed by atoms with van der Waals surface area (Å²) in [4.78, 5) is 0. The lowest BCUT2D eigenvalue weighted by Crippen LogP contribution is -3.08. The molecule has 2 heterocycles. The van der Waals surface area contributed by atoms with Crippen LogP contribution in [0, 0.1) is 5.21 Å². The monoisotopic (exact) mass is 220 g/mol. The molecule has 0 aliphatic carbocycles. The van der Waals surface area contributed by atoms with Crippen molar-refractivity contribution in [3.05, 3.63) is 5.21 Å². The summed E-state index contributed by atoms with van der Waals surface area (Å²) in [6.07, 6.45) is 0. The van der Waals surface area contributed by atoms with Crippen molar-refractivity contribution in [2.45, 2.75) is 0 Å². The molecule has 7 heteroatoms. The molecule has 5 nitrogen and oxygen atoms in total. The van der Waals surface area contributed by atoms with Crippen molar-refractivity contribution in [2.75, 3.05) is 26.2 Å². The fourth-order valence-corrected chi connectivity index (χ4v) is 1.32. The summed E-state index contributed by atoms with van der Waals surface area (Å²) in [7, 11) is 0. The van der Waals surface area contributed by atoms with Gasteiger partial charge in [-0.3, -0.25) is 0 Å². The zero-order valence-electron chi connectivity index (χ0n) is 7.05. The maximum absolute atomic E-state index is 10.4. The first kappa shape index (κ1) is 10.6. The number of hydroxylamine groups is 2. The van der Waals surface area contributed by atoms with E-state index in [9.17, 15) is 5.21 Å². The molecule has 2 saturated heterocycles. The average molecular weight is 220 g/mol. The quantitative estimate of drug-likeness (QED) is 0.273. The fourth-order valence-electron chi connectivity index (χ4n) is 0.916. The molecule has 13 heavy (non-hydrogen) atoms. The predicted molar refractivity (Wildman–Crippen MR) is 58.4 cm³/mol. The number of quaternary nitrogens is 1. The number of hydrogen-bond donors (Lipinski definition) is 4. The van der Waals surface area contributed by atoms with Gasteiger partial charge < -0.3 is 26.2 Å². The lowest BCUT2D eigenvalue weighted by molar-refractivity contribution is -0.735. The molecule has 0 aromatic rings. The van der Waals surface area contributed by atoms with Gasteiger partial charge >= 0.3 is 0 Å². The van der Waals surface area contributed by atoms with Gasteiger partial charge in [0.05, 0.1) is 6.54 Å². The Bertz CT molecular complexity index is 203. The molecule has 0 bridgehead atoms. The minimum absolute atomic E-state index is 0.0787. The summed E-state index contributed by atoms with van der Waals surface area (Å²) in [5.41, 5.74) is 0. The Hall–Kier alpha value is -0.500. The van der Waals surface area contributed by atoms with Crippen LogP contribution in [-0.4, -0.2) is 36.4 Å². The van der Waals surface area contributed by atoms with Crippen molar-refractivity contribution in [1.82, 2.24) is 16.0 Å². The zero-order valence-corrected chi connectivity index (χ0v) is 8.69. The van der Waals surface area contributed by atoms with Gasteiger partial charge in [0.2, 0.25) is 0 Å². The maximum Gasteiger partial charge on any atom is 0.268 e. The van der Waals surface area contributed by atoms with E-state index in [2.05, 4.69) is 28.2 Å². The van der Waals surface area contributed by atoms with E-state index in [1.807, 2.05) is 0 Å². The van der Waals surface area contributed by atoms with Crippen molar-refractivity contribution in [3.63, 3.8) is 0 Å². The Morgan fingerprint density at radius 3 is 1.85 bits per heavy atom. The highest BCUT2D eigenvalue weighted by Crippen LogP contribution is 1.71. The highest BCUT2D eigenvalue weighted by atomic mass is 32.1. The van der Waals surface area contributed by atoms with Crippen LogP contribution in [0.1, 0.15) is 0 Å². The van der Waals surface area contributed by atoms with Crippen molar-refractivity contribution < 1.29 is 5.06 Å². The molecule has 74 valence electrons. The minimum atomic E-state index is 0.0787. The summed E-state index contributed by atoms with van der Waals surface area (Å²) in [6, 6.07) is 0. The van der Waals surface area contributed by atoms with E-state index >= 15 is 0 Å². The Morgan fingerprint density at radius 2 is 1.69 bits per heavy atom. The SMILES string of the molecule is S=C1NCCN1.[O-][NH+]1CCNC1=S. The van der Waals surface area contributed by atoms with E-state index in [-0.39, 0.29) is 5.06 Å². The van der Waals surface area contributed by atoms with E-state index in [1.54, 1.807) is 0 Å². The van der Waals surface area contributed by atoms with E-state index in [1.165, 1.54) is 0 Å². The van der Waals surface area contributed by atoms with Gasteiger partial charge in [0.15, 0.2) is 5.11 Å². The summed E-state index contributed by atoms with van der Waals surface area (Å²) in [5.74, 6) is 0. The van der Waals surface area contributed by atoms with E-state index in [4.69, 9.17) is 12.2 Å². The summed E-state index contributed by atoms with van der Waals surface area (Å²) in [6.45, 7) is 3.29. The third-order valence-corrected chi connectivity index (χ3v) is 2.25. The Morgan fingerprint density at radius 1 is 1.08 bits per heavy atom. The standard InChI is InChI=1S/C3H6N2OS.C3H6N2S/c6-5-2-1-4-3(5)7;6-3-4-1-2-5-3/h5H,1-2H2,(H,4,7);1-2H2,(H2,4,5,6). The van der Waals surface area contributed by atoms with Gasteiger partial charge in [-0.25, -0.2) is 0 Å². The second-order valence-corrected chi connectivity index (χ2v) is 3.43. The van der Waals surface area contributed by atoms with Crippen LogP contribution >= 0.6 is 24.4 Å². The molecule has 0 aromatic carbocycles. The highest BCUT2D eigenvalue weighted by Gasteiger charge is 2.11. The van der Waals surface area contributed by atoms with Crippen molar-refractivity contribution in [3.8, 4) is 0 Å². The lowest BCUT2D eigenvalue weighted by Gasteiger charge is -2.10. The topological polar surface area (TPSA) is 63.6 Å². The highest BCUT2D eigenvalue weighted by molar-refractivity contribution is 7.80. The van der Waals surface area contributed by atoms with Gasteiger partial charge in [0.1, 0.15) is 6.54 Å². The molecule has 2 fully saturated rings. The first-order valence-electron chi connectivity index (χ1n) is 4.03. The first-order chi connectivity index (χ1) is 6.20. The fraction of sp³-hybridized carbons (Fsp3) is 0.667. The van der Waals surface area contributed by atoms with Crippen LogP contribution in [-0.2, 0) is 0 Å².